The van der Waals surface area contributed by atoms with E-state index in [4.69, 9.17) is 11.6 Å². The number of amides is 2. The number of halogens is 1. The van der Waals surface area contributed by atoms with Crippen molar-refractivity contribution in [1.82, 2.24) is 9.97 Å². The minimum absolute atomic E-state index is 0.0140. The van der Waals surface area contributed by atoms with Gasteiger partial charge in [-0.05, 0) is 55.0 Å². The van der Waals surface area contributed by atoms with Crippen molar-refractivity contribution in [1.29, 1.82) is 0 Å². The lowest BCUT2D eigenvalue weighted by Crippen LogP contribution is -2.32. The largest absolute Gasteiger partial charge is 0.378 e. The molecule has 0 bridgehead atoms. The maximum absolute atomic E-state index is 13.5. The second kappa shape index (κ2) is 10.9. The highest BCUT2D eigenvalue weighted by Crippen LogP contribution is 2.29. The first-order valence-electron chi connectivity index (χ1n) is 11.2. The zero-order valence-electron chi connectivity index (χ0n) is 19.8. The van der Waals surface area contributed by atoms with Crippen molar-refractivity contribution in [2.75, 3.05) is 34.5 Å². The predicted octanol–water partition coefficient (Wildman–Crippen LogP) is 6.74. The van der Waals surface area contributed by atoms with Crippen LogP contribution in [0.5, 0.6) is 0 Å². The van der Waals surface area contributed by atoms with Crippen LogP contribution in [0, 0.1) is 0 Å². The van der Waals surface area contributed by atoms with Crippen LogP contribution in [0.25, 0.3) is 0 Å². The maximum Gasteiger partial charge on any atom is 0.332 e. The molecule has 7 nitrogen and oxygen atoms in total. The van der Waals surface area contributed by atoms with Crippen LogP contribution in [0.4, 0.5) is 33.6 Å². The Balaban J connectivity index is 1.68. The SMILES string of the molecule is CC(Nc1nccc(N(C(=O)Nc2ccc(Cl)cc2)c2cccc(N(C)C)c2)n1)c1ccccc1. The minimum Gasteiger partial charge on any atom is -0.378 e. The Morgan fingerprint density at radius 3 is 2.34 bits per heavy atom. The molecule has 0 radical (unpaired) electrons. The molecule has 0 aliphatic heterocycles. The fraction of sp³-hybridized carbons (Fsp3) is 0.148. The number of carbonyl (C=O) groups is 1. The van der Waals surface area contributed by atoms with E-state index in [1.165, 1.54) is 4.90 Å². The number of anilines is 5. The summed E-state index contributed by atoms with van der Waals surface area (Å²) in [5.74, 6) is 0.858. The van der Waals surface area contributed by atoms with Crippen molar-refractivity contribution < 1.29 is 4.79 Å². The fourth-order valence-corrected chi connectivity index (χ4v) is 3.66. The van der Waals surface area contributed by atoms with Crippen molar-refractivity contribution >= 4 is 46.5 Å². The number of rotatable bonds is 7. The van der Waals surface area contributed by atoms with Crippen LogP contribution in [-0.2, 0) is 0 Å². The van der Waals surface area contributed by atoms with Gasteiger partial charge in [0.25, 0.3) is 0 Å². The quantitative estimate of drug-likeness (QED) is 0.302. The van der Waals surface area contributed by atoms with Gasteiger partial charge in [-0.25, -0.2) is 14.7 Å². The van der Waals surface area contributed by atoms with Crippen LogP contribution in [0.15, 0.2) is 91.1 Å². The summed E-state index contributed by atoms with van der Waals surface area (Å²) in [4.78, 5) is 26.1. The number of nitrogens with one attached hydrogen (secondary N) is 2. The minimum atomic E-state index is -0.357. The first-order chi connectivity index (χ1) is 16.9. The summed E-state index contributed by atoms with van der Waals surface area (Å²) >= 11 is 6.00. The Morgan fingerprint density at radius 2 is 1.63 bits per heavy atom. The number of aromatic nitrogens is 2. The topological polar surface area (TPSA) is 73.4 Å². The third kappa shape index (κ3) is 6.07. The second-order valence-electron chi connectivity index (χ2n) is 8.20. The number of hydrogen-bond acceptors (Lipinski definition) is 5. The molecular formula is C27H27ClN6O. The molecule has 4 aromatic rings. The lowest BCUT2D eigenvalue weighted by atomic mass is 10.1. The van der Waals surface area contributed by atoms with Crippen LogP contribution in [-0.4, -0.2) is 30.1 Å². The smallest absolute Gasteiger partial charge is 0.332 e. The average molecular weight is 487 g/mol. The molecule has 35 heavy (non-hydrogen) atoms. The average Bonchev–Trinajstić information content (AvgIpc) is 2.86. The monoisotopic (exact) mass is 486 g/mol. The standard InChI is InChI=1S/C27H27ClN6O/c1-19(20-8-5-4-6-9-20)30-26-29-17-16-25(32-26)34(24-11-7-10-23(18-24)33(2)3)27(35)31-22-14-12-21(28)13-15-22/h4-19H,1-3H3,(H,31,35)(H,29,30,32). The Hall–Kier alpha value is -4.10. The molecule has 2 N–H and O–H groups in total. The van der Waals surface area contributed by atoms with Crippen molar-refractivity contribution in [3.63, 3.8) is 0 Å². The van der Waals surface area contributed by atoms with Crippen LogP contribution >= 0.6 is 11.6 Å². The molecule has 1 atom stereocenters. The van der Waals surface area contributed by atoms with Gasteiger partial charge in [0.05, 0.1) is 11.7 Å². The Kier molecular flexibility index (Phi) is 7.48. The molecule has 1 aromatic heterocycles. The van der Waals surface area contributed by atoms with Gasteiger partial charge in [0, 0.05) is 42.8 Å². The molecular weight excluding hydrogens is 460 g/mol. The summed E-state index contributed by atoms with van der Waals surface area (Å²) < 4.78 is 0. The molecule has 0 saturated heterocycles. The van der Waals surface area contributed by atoms with Gasteiger partial charge in [0.2, 0.25) is 5.95 Å². The summed E-state index contributed by atoms with van der Waals surface area (Å²) in [6.07, 6.45) is 1.64. The summed E-state index contributed by atoms with van der Waals surface area (Å²) in [5.41, 5.74) is 3.36. The Morgan fingerprint density at radius 1 is 0.914 bits per heavy atom. The number of benzene rings is 3. The van der Waals surface area contributed by atoms with Crippen LogP contribution in [0.2, 0.25) is 5.02 Å². The Bertz CT molecular complexity index is 1280. The van der Waals surface area contributed by atoms with Crippen LogP contribution < -0.4 is 20.4 Å². The molecule has 1 unspecified atom stereocenters. The molecule has 1 heterocycles. The lowest BCUT2D eigenvalue weighted by Gasteiger charge is -2.24. The zero-order chi connectivity index (χ0) is 24.8. The van der Waals surface area contributed by atoms with E-state index >= 15 is 0 Å². The van der Waals surface area contributed by atoms with Crippen LogP contribution in [0.3, 0.4) is 0 Å². The molecule has 0 fully saturated rings. The van der Waals surface area contributed by atoms with Crippen molar-refractivity contribution in [2.45, 2.75) is 13.0 Å². The first-order valence-corrected chi connectivity index (χ1v) is 11.6. The van der Waals surface area contributed by atoms with E-state index in [1.807, 2.05) is 80.5 Å². The highest BCUT2D eigenvalue weighted by atomic mass is 35.5. The van der Waals surface area contributed by atoms with Gasteiger partial charge in [-0.15, -0.1) is 0 Å². The van der Waals surface area contributed by atoms with Gasteiger partial charge < -0.3 is 15.5 Å². The molecule has 0 aliphatic carbocycles. The Labute approximate surface area is 210 Å². The highest BCUT2D eigenvalue weighted by molar-refractivity contribution is 6.30. The van der Waals surface area contributed by atoms with Gasteiger partial charge in [0.1, 0.15) is 5.82 Å². The molecule has 178 valence electrons. The number of urea groups is 1. The molecule has 3 aromatic carbocycles. The van der Waals surface area contributed by atoms with E-state index in [1.54, 1.807) is 36.5 Å². The van der Waals surface area contributed by atoms with Gasteiger partial charge in [0.15, 0.2) is 0 Å². The van der Waals surface area contributed by atoms with E-state index in [-0.39, 0.29) is 12.1 Å². The molecule has 4 rings (SSSR count). The molecule has 0 saturated carbocycles. The zero-order valence-corrected chi connectivity index (χ0v) is 20.6. The molecule has 0 aliphatic rings. The summed E-state index contributed by atoms with van der Waals surface area (Å²) in [6, 6.07) is 26.0. The molecule has 8 heteroatoms. The van der Waals surface area contributed by atoms with Crippen molar-refractivity contribution in [3.8, 4) is 0 Å². The lowest BCUT2D eigenvalue weighted by molar-refractivity contribution is 0.259. The predicted molar refractivity (Wildman–Crippen MR) is 144 cm³/mol. The maximum atomic E-state index is 13.5. The van der Waals surface area contributed by atoms with E-state index in [9.17, 15) is 4.79 Å². The fourth-order valence-electron chi connectivity index (χ4n) is 3.54. The van der Waals surface area contributed by atoms with Crippen molar-refractivity contribution in [3.05, 3.63) is 102 Å². The number of nitrogens with zero attached hydrogens (tertiary/aromatic N) is 4. The van der Waals surface area contributed by atoms with Gasteiger partial charge in [-0.1, -0.05) is 48.0 Å². The summed E-state index contributed by atoms with van der Waals surface area (Å²) in [6.45, 7) is 2.04. The van der Waals surface area contributed by atoms with E-state index in [0.717, 1.165) is 11.3 Å². The van der Waals surface area contributed by atoms with Crippen molar-refractivity contribution in [2.24, 2.45) is 0 Å². The van der Waals surface area contributed by atoms with Gasteiger partial charge in [-0.2, -0.15) is 4.98 Å². The van der Waals surface area contributed by atoms with E-state index < -0.39 is 0 Å². The number of carbonyl (C=O) groups excluding carboxylic acids is 1. The second-order valence-corrected chi connectivity index (χ2v) is 8.64. The molecule has 0 spiro atoms. The van der Waals surface area contributed by atoms with E-state index in [2.05, 4.69) is 20.6 Å². The normalized spacial score (nSPS) is 11.4. The third-order valence-corrected chi connectivity index (χ3v) is 5.67. The van der Waals surface area contributed by atoms with Crippen LogP contribution in [0.1, 0.15) is 18.5 Å². The highest BCUT2D eigenvalue weighted by Gasteiger charge is 2.21. The van der Waals surface area contributed by atoms with Gasteiger partial charge >= 0.3 is 6.03 Å². The number of hydrogen-bond donors (Lipinski definition) is 2. The van der Waals surface area contributed by atoms with E-state index in [0.29, 0.717) is 28.2 Å². The third-order valence-electron chi connectivity index (χ3n) is 5.42. The first kappa shape index (κ1) is 24.0. The molecule has 2 amide bonds. The summed E-state index contributed by atoms with van der Waals surface area (Å²) in [7, 11) is 3.91. The summed E-state index contributed by atoms with van der Waals surface area (Å²) in [5, 5.41) is 6.86. The van der Waals surface area contributed by atoms with Gasteiger partial charge in [-0.3, -0.25) is 0 Å².